The fourth-order valence-corrected chi connectivity index (χ4v) is 5.56. The van der Waals surface area contributed by atoms with Gasteiger partial charge in [0.1, 0.15) is 11.6 Å². The summed E-state index contributed by atoms with van der Waals surface area (Å²) in [4.78, 5) is 25.5. The monoisotopic (exact) mass is 648 g/mol. The first-order valence-electron chi connectivity index (χ1n) is 15.3. The Balaban J connectivity index is 1.60. The van der Waals surface area contributed by atoms with E-state index in [0.717, 1.165) is 0 Å². The summed E-state index contributed by atoms with van der Waals surface area (Å²) in [6.07, 6.45) is -0.155. The Morgan fingerprint density at radius 1 is 1.00 bits per heavy atom. The number of azide groups is 2. The maximum absolute atomic E-state index is 14.6. The molecule has 0 radical (unpaired) electrons. The van der Waals surface area contributed by atoms with Crippen LogP contribution in [0.25, 0.3) is 20.9 Å². The van der Waals surface area contributed by atoms with Crippen molar-refractivity contribution in [3.8, 4) is 5.75 Å². The highest BCUT2D eigenvalue weighted by Gasteiger charge is 2.54. The number of amides is 1. The second kappa shape index (κ2) is 16.1. The Kier molecular flexibility index (Phi) is 11.2. The molecule has 5 rings (SSSR count). The van der Waals surface area contributed by atoms with Crippen molar-refractivity contribution in [1.29, 1.82) is 0 Å². The number of aliphatic hydroxyl groups excluding tert-OH is 1. The van der Waals surface area contributed by atoms with Crippen molar-refractivity contribution in [3.63, 3.8) is 0 Å². The van der Waals surface area contributed by atoms with Crippen LogP contribution >= 0.6 is 0 Å². The highest BCUT2D eigenvalue weighted by Crippen LogP contribution is 2.45. The number of aliphatic hydroxyl groups is 1. The molecule has 2 atom stereocenters. The third-order valence-corrected chi connectivity index (χ3v) is 7.87. The van der Waals surface area contributed by atoms with Gasteiger partial charge in [-0.2, -0.15) is 0 Å². The van der Waals surface area contributed by atoms with Gasteiger partial charge < -0.3 is 19.9 Å². The Morgan fingerprint density at radius 2 is 1.77 bits per heavy atom. The minimum atomic E-state index is -1.62. The third kappa shape index (κ3) is 7.91. The van der Waals surface area contributed by atoms with Gasteiger partial charge >= 0.3 is 0 Å². The first-order valence-corrected chi connectivity index (χ1v) is 15.3. The molecular weight excluding hydrogens is 615 g/mol. The molecule has 1 aliphatic heterocycles. The number of carbonyl (C=O) groups is 1. The van der Waals surface area contributed by atoms with Gasteiger partial charge in [-0.3, -0.25) is 4.79 Å². The third-order valence-electron chi connectivity index (χ3n) is 7.87. The first kappa shape index (κ1) is 33.5. The average Bonchev–Trinajstić information content (AvgIpc) is 3.49. The van der Waals surface area contributed by atoms with E-state index in [-0.39, 0.29) is 43.5 Å². The zero-order valence-electron chi connectivity index (χ0n) is 25.9. The van der Waals surface area contributed by atoms with Crippen LogP contribution in [0.3, 0.4) is 0 Å². The molecule has 1 aliphatic rings. The second-order valence-electron chi connectivity index (χ2n) is 11.0. The van der Waals surface area contributed by atoms with Crippen LogP contribution in [-0.4, -0.2) is 42.2 Å². The van der Waals surface area contributed by atoms with E-state index in [1.54, 1.807) is 60.7 Å². The van der Waals surface area contributed by atoms with Gasteiger partial charge in [-0.15, -0.1) is 0 Å². The fourth-order valence-electron chi connectivity index (χ4n) is 5.56. The molecule has 48 heavy (non-hydrogen) atoms. The summed E-state index contributed by atoms with van der Waals surface area (Å²) in [7, 11) is 0. The summed E-state index contributed by atoms with van der Waals surface area (Å²) in [6, 6.07) is 27.3. The summed E-state index contributed by atoms with van der Waals surface area (Å²) in [5.74, 6) is -0.0584. The van der Waals surface area contributed by atoms with Crippen LogP contribution < -0.4 is 10.1 Å². The number of hydrogen-bond donors (Lipinski definition) is 2. The molecule has 0 bridgehead atoms. The molecule has 1 amide bonds. The van der Waals surface area contributed by atoms with Crippen molar-refractivity contribution in [2.45, 2.75) is 37.5 Å². The summed E-state index contributed by atoms with van der Waals surface area (Å²) >= 11 is 0. The van der Waals surface area contributed by atoms with Gasteiger partial charge in [-0.05, 0) is 70.6 Å². The summed E-state index contributed by atoms with van der Waals surface area (Å²) in [5.41, 5.74) is 20.2. The van der Waals surface area contributed by atoms with E-state index >= 15 is 0 Å². The Morgan fingerprint density at radius 3 is 2.52 bits per heavy atom. The number of nitrogens with one attached hydrogen (secondary N) is 1. The maximum Gasteiger partial charge on any atom is 0.252 e. The Hall–Kier alpha value is -5.87. The number of halogens is 1. The SMILES string of the molecule is [N-]=[N+]=NCc1ccccc1C[C@@]1(C(=O)NCCc2cccc(F)c2)N=C(c2ccc(OCCCO)cc2)O[C@@H]1c1ccccc1N=[N+]=[N-]. The van der Waals surface area contributed by atoms with Gasteiger partial charge in [0.2, 0.25) is 5.90 Å². The largest absolute Gasteiger partial charge is 0.494 e. The minimum absolute atomic E-state index is 0.0137. The van der Waals surface area contributed by atoms with Crippen molar-refractivity contribution in [2.24, 2.45) is 15.2 Å². The molecule has 0 unspecified atom stereocenters. The predicted molar refractivity (Wildman–Crippen MR) is 178 cm³/mol. The number of nitrogens with zero attached hydrogens (tertiary/aromatic N) is 7. The quantitative estimate of drug-likeness (QED) is 0.0600. The molecule has 244 valence electrons. The Labute approximate surface area is 276 Å². The lowest BCUT2D eigenvalue weighted by Crippen LogP contribution is -2.50. The molecular formula is C35H33FN8O4. The second-order valence-corrected chi connectivity index (χ2v) is 11.0. The van der Waals surface area contributed by atoms with E-state index in [0.29, 0.717) is 53.0 Å². The van der Waals surface area contributed by atoms with Crippen LogP contribution in [0.15, 0.2) is 112 Å². The van der Waals surface area contributed by atoms with E-state index in [9.17, 15) is 14.7 Å². The molecule has 4 aromatic carbocycles. The zero-order chi connectivity index (χ0) is 33.8. The number of benzene rings is 4. The average molecular weight is 649 g/mol. The van der Waals surface area contributed by atoms with Gasteiger partial charge in [0.05, 0.1) is 13.2 Å². The fraction of sp³-hybridized carbons (Fsp3) is 0.257. The molecule has 0 aliphatic carbocycles. The maximum atomic E-state index is 14.6. The van der Waals surface area contributed by atoms with Crippen molar-refractivity contribution in [2.75, 3.05) is 19.8 Å². The van der Waals surface area contributed by atoms with Crippen LogP contribution in [0.2, 0.25) is 0 Å². The predicted octanol–water partition coefficient (Wildman–Crippen LogP) is 7.20. The number of rotatable bonds is 15. The summed E-state index contributed by atoms with van der Waals surface area (Å²) in [5, 5.41) is 19.7. The van der Waals surface area contributed by atoms with E-state index in [2.05, 4.69) is 25.4 Å². The number of carbonyl (C=O) groups excluding carboxylic acids is 1. The van der Waals surface area contributed by atoms with Gasteiger partial charge in [0.15, 0.2) is 11.6 Å². The molecule has 13 heteroatoms. The number of hydrogen-bond acceptors (Lipinski definition) is 7. The standard InChI is InChI=1S/C35H33FN8O4/c36-28-10-5-7-24(21-28)17-18-39-34(46)35(22-26-8-1-2-9-27(26)23-40-43-37)32(30-11-3-4-12-31(30)42-44-38)48-33(41-35)25-13-15-29(16-14-25)47-20-6-19-45/h1-5,7-16,21,32,45H,6,17-20,22-23H2,(H,39,46)/t32-,35-/m1/s1. The smallest absolute Gasteiger partial charge is 0.252 e. The van der Waals surface area contributed by atoms with Crippen molar-refractivity contribution in [1.82, 2.24) is 5.32 Å². The minimum Gasteiger partial charge on any atom is -0.494 e. The molecule has 1 heterocycles. The lowest BCUT2D eigenvalue weighted by Gasteiger charge is -2.32. The molecule has 2 N–H and O–H groups in total. The summed E-state index contributed by atoms with van der Waals surface area (Å²) in [6.45, 7) is 0.596. The van der Waals surface area contributed by atoms with Crippen molar-refractivity contribution >= 4 is 17.5 Å². The molecule has 0 spiro atoms. The van der Waals surface area contributed by atoms with E-state index in [1.807, 2.05) is 24.3 Å². The first-order chi connectivity index (χ1) is 23.5. The van der Waals surface area contributed by atoms with Crippen LogP contribution in [-0.2, 0) is 28.9 Å². The molecule has 0 saturated carbocycles. The van der Waals surface area contributed by atoms with Crippen LogP contribution in [0.5, 0.6) is 5.75 Å². The molecule has 4 aromatic rings. The lowest BCUT2D eigenvalue weighted by molar-refractivity contribution is -0.128. The van der Waals surface area contributed by atoms with Crippen molar-refractivity contribution in [3.05, 3.63) is 152 Å². The highest BCUT2D eigenvalue weighted by molar-refractivity contribution is 6.01. The zero-order valence-corrected chi connectivity index (χ0v) is 25.9. The van der Waals surface area contributed by atoms with Crippen LogP contribution in [0, 0.1) is 5.82 Å². The number of ether oxygens (including phenoxy) is 2. The molecule has 12 nitrogen and oxygen atoms in total. The number of aliphatic imine (C=N–C) groups is 1. The van der Waals surface area contributed by atoms with Crippen LogP contribution in [0.1, 0.15) is 40.3 Å². The highest BCUT2D eigenvalue weighted by atomic mass is 19.1. The normalized spacial score (nSPS) is 16.5. The van der Waals surface area contributed by atoms with Gasteiger partial charge in [-0.25, -0.2) is 9.38 Å². The van der Waals surface area contributed by atoms with Crippen LogP contribution in [0.4, 0.5) is 10.1 Å². The molecule has 0 fully saturated rings. The Bertz CT molecular complexity index is 1870. The van der Waals surface area contributed by atoms with E-state index < -0.39 is 17.6 Å². The molecule has 0 aromatic heterocycles. The van der Waals surface area contributed by atoms with Gasteiger partial charge in [0.25, 0.3) is 5.91 Å². The molecule has 0 saturated heterocycles. The van der Waals surface area contributed by atoms with Gasteiger partial charge in [-0.1, -0.05) is 70.9 Å². The van der Waals surface area contributed by atoms with Crippen molar-refractivity contribution < 1.29 is 23.8 Å². The summed E-state index contributed by atoms with van der Waals surface area (Å²) < 4.78 is 26.1. The van der Waals surface area contributed by atoms with Gasteiger partial charge in [0, 0.05) is 52.6 Å². The van der Waals surface area contributed by atoms with E-state index in [4.69, 9.17) is 25.1 Å². The topological polar surface area (TPSA) is 178 Å². The lowest BCUT2D eigenvalue weighted by atomic mass is 9.80. The van der Waals surface area contributed by atoms with E-state index in [1.165, 1.54) is 12.1 Å².